The first-order valence-electron chi connectivity index (χ1n) is 5.63. The number of nitrogens with zero attached hydrogens (tertiary/aromatic N) is 1. The number of carbonyl (C=O) groups is 1. The van der Waals surface area contributed by atoms with Gasteiger partial charge in [0.2, 0.25) is 0 Å². The summed E-state index contributed by atoms with van der Waals surface area (Å²) in [4.78, 5) is 14.8. The largest absolute Gasteiger partial charge is 0.476 e. The number of ether oxygens (including phenoxy) is 1. The van der Waals surface area contributed by atoms with E-state index >= 15 is 0 Å². The molecule has 1 aromatic rings. The summed E-state index contributed by atoms with van der Waals surface area (Å²) in [5, 5.41) is 12.1. The van der Waals surface area contributed by atoms with Crippen molar-refractivity contribution >= 4 is 23.4 Å². The number of halogens is 1. The van der Waals surface area contributed by atoms with Gasteiger partial charge in [-0.15, -0.1) is 0 Å². The summed E-state index contributed by atoms with van der Waals surface area (Å²) in [5.41, 5.74) is -0.504. The third-order valence-corrected chi connectivity index (χ3v) is 2.58. The van der Waals surface area contributed by atoms with Crippen molar-refractivity contribution in [1.82, 2.24) is 4.98 Å². The van der Waals surface area contributed by atoms with E-state index in [9.17, 15) is 4.79 Å². The van der Waals surface area contributed by atoms with Crippen molar-refractivity contribution in [2.75, 3.05) is 18.5 Å². The van der Waals surface area contributed by atoms with Crippen LogP contribution in [0.15, 0.2) is 12.1 Å². The Morgan fingerprint density at radius 2 is 2.22 bits per heavy atom. The third kappa shape index (κ3) is 4.16. The van der Waals surface area contributed by atoms with Gasteiger partial charge in [-0.05, 0) is 32.9 Å². The van der Waals surface area contributed by atoms with Crippen LogP contribution in [-0.2, 0) is 4.74 Å². The van der Waals surface area contributed by atoms with Crippen molar-refractivity contribution in [3.05, 3.63) is 22.8 Å². The number of carboxylic acids is 1. The third-order valence-electron chi connectivity index (χ3n) is 2.28. The molecule has 0 spiro atoms. The van der Waals surface area contributed by atoms with E-state index in [0.717, 1.165) is 0 Å². The van der Waals surface area contributed by atoms with Gasteiger partial charge in [-0.1, -0.05) is 11.6 Å². The number of carboxylic acid groups (broad SMARTS) is 1. The van der Waals surface area contributed by atoms with Crippen molar-refractivity contribution < 1.29 is 14.6 Å². The van der Waals surface area contributed by atoms with E-state index in [1.165, 1.54) is 6.07 Å². The number of hydrogen-bond donors (Lipinski definition) is 2. The van der Waals surface area contributed by atoms with E-state index in [0.29, 0.717) is 19.0 Å². The summed E-state index contributed by atoms with van der Waals surface area (Å²) in [6.45, 7) is 6.94. The Kier molecular flexibility index (Phi) is 4.93. The number of nitrogens with one attached hydrogen (secondary N) is 1. The molecule has 0 saturated heterocycles. The van der Waals surface area contributed by atoms with Gasteiger partial charge in [0.05, 0.1) is 10.6 Å². The molecule has 0 bridgehead atoms. The van der Waals surface area contributed by atoms with Gasteiger partial charge in [0, 0.05) is 13.2 Å². The molecular formula is C12H17ClN2O3. The standard InChI is InChI=1S/C12H17ClN2O3/c1-4-18-12(2,3)7-14-9-6-5-8(13)10(15-9)11(16)17/h5-6H,4,7H2,1-3H3,(H,14,15)(H,16,17). The molecule has 0 aliphatic heterocycles. The zero-order chi connectivity index (χ0) is 13.8. The normalized spacial score (nSPS) is 11.3. The minimum Gasteiger partial charge on any atom is -0.476 e. The van der Waals surface area contributed by atoms with Crippen LogP contribution in [0.3, 0.4) is 0 Å². The SMILES string of the molecule is CCOC(C)(C)CNc1ccc(Cl)c(C(=O)O)n1. The molecule has 6 heteroatoms. The number of hydrogen-bond acceptors (Lipinski definition) is 4. The van der Waals surface area contributed by atoms with Crippen molar-refractivity contribution in [2.45, 2.75) is 26.4 Å². The monoisotopic (exact) mass is 272 g/mol. The molecule has 0 amide bonds. The van der Waals surface area contributed by atoms with Crippen LogP contribution >= 0.6 is 11.6 Å². The summed E-state index contributed by atoms with van der Waals surface area (Å²) in [6.07, 6.45) is 0. The number of aromatic nitrogens is 1. The Labute approximate surface area is 111 Å². The average Bonchev–Trinajstić information content (AvgIpc) is 2.27. The molecule has 0 aliphatic carbocycles. The Bertz CT molecular complexity index is 435. The zero-order valence-corrected chi connectivity index (χ0v) is 11.4. The van der Waals surface area contributed by atoms with Gasteiger partial charge in [0.25, 0.3) is 0 Å². The summed E-state index contributed by atoms with van der Waals surface area (Å²) in [5.74, 6) is -0.683. The minimum atomic E-state index is -1.15. The van der Waals surface area contributed by atoms with Crippen LogP contribution in [0.2, 0.25) is 5.02 Å². The predicted octanol–water partition coefficient (Wildman–Crippen LogP) is 2.66. The van der Waals surface area contributed by atoms with E-state index in [1.807, 2.05) is 20.8 Å². The van der Waals surface area contributed by atoms with Crippen LogP contribution in [-0.4, -0.2) is 34.8 Å². The molecule has 0 aliphatic rings. The highest BCUT2D eigenvalue weighted by Crippen LogP contribution is 2.17. The summed E-state index contributed by atoms with van der Waals surface area (Å²) >= 11 is 5.74. The Balaban J connectivity index is 2.74. The van der Waals surface area contributed by atoms with Gasteiger partial charge in [0.15, 0.2) is 5.69 Å². The molecule has 0 radical (unpaired) electrons. The second-order valence-electron chi connectivity index (χ2n) is 4.38. The molecule has 0 saturated carbocycles. The molecule has 0 atom stereocenters. The van der Waals surface area contributed by atoms with Gasteiger partial charge >= 0.3 is 5.97 Å². The van der Waals surface area contributed by atoms with Crippen LogP contribution < -0.4 is 5.32 Å². The molecule has 1 aromatic heterocycles. The van der Waals surface area contributed by atoms with E-state index < -0.39 is 5.97 Å². The van der Waals surface area contributed by atoms with Crippen molar-refractivity contribution in [2.24, 2.45) is 0 Å². The second-order valence-corrected chi connectivity index (χ2v) is 4.79. The lowest BCUT2D eigenvalue weighted by Gasteiger charge is -2.25. The van der Waals surface area contributed by atoms with Crippen LogP contribution in [0.4, 0.5) is 5.82 Å². The van der Waals surface area contributed by atoms with Gasteiger partial charge < -0.3 is 15.2 Å². The molecule has 0 unspecified atom stereocenters. The highest BCUT2D eigenvalue weighted by atomic mass is 35.5. The van der Waals surface area contributed by atoms with E-state index in [-0.39, 0.29) is 16.3 Å². The van der Waals surface area contributed by atoms with E-state index in [4.69, 9.17) is 21.4 Å². The maximum Gasteiger partial charge on any atom is 0.356 e. The highest BCUT2D eigenvalue weighted by molar-refractivity contribution is 6.33. The Morgan fingerprint density at radius 3 is 2.78 bits per heavy atom. The molecule has 2 N–H and O–H groups in total. The summed E-state index contributed by atoms with van der Waals surface area (Å²) < 4.78 is 5.52. The first-order valence-corrected chi connectivity index (χ1v) is 6.01. The first kappa shape index (κ1) is 14.7. The topological polar surface area (TPSA) is 71.5 Å². The molecule has 100 valence electrons. The van der Waals surface area contributed by atoms with Crippen molar-refractivity contribution in [3.8, 4) is 0 Å². The summed E-state index contributed by atoms with van der Waals surface area (Å²) in [6, 6.07) is 3.14. The lowest BCUT2D eigenvalue weighted by molar-refractivity contribution is 0.000642. The Hall–Kier alpha value is -1.33. The maximum atomic E-state index is 10.9. The van der Waals surface area contributed by atoms with E-state index in [1.54, 1.807) is 6.07 Å². The molecule has 0 aromatic carbocycles. The molecule has 1 rings (SSSR count). The van der Waals surface area contributed by atoms with E-state index in [2.05, 4.69) is 10.3 Å². The number of aromatic carboxylic acids is 1. The Morgan fingerprint density at radius 1 is 1.56 bits per heavy atom. The van der Waals surface area contributed by atoms with Crippen molar-refractivity contribution in [1.29, 1.82) is 0 Å². The predicted molar refractivity (Wildman–Crippen MR) is 70.4 cm³/mol. The fraction of sp³-hybridized carbons (Fsp3) is 0.500. The van der Waals surface area contributed by atoms with Crippen molar-refractivity contribution in [3.63, 3.8) is 0 Å². The van der Waals surface area contributed by atoms with Gasteiger partial charge in [-0.3, -0.25) is 0 Å². The molecule has 0 fully saturated rings. The number of rotatable bonds is 6. The van der Waals surface area contributed by atoms with Gasteiger partial charge in [-0.25, -0.2) is 9.78 Å². The number of pyridine rings is 1. The average molecular weight is 273 g/mol. The smallest absolute Gasteiger partial charge is 0.356 e. The fourth-order valence-corrected chi connectivity index (χ4v) is 1.62. The highest BCUT2D eigenvalue weighted by Gasteiger charge is 2.18. The molecular weight excluding hydrogens is 256 g/mol. The molecule has 18 heavy (non-hydrogen) atoms. The fourth-order valence-electron chi connectivity index (χ4n) is 1.44. The first-order chi connectivity index (χ1) is 8.35. The lowest BCUT2D eigenvalue weighted by atomic mass is 10.1. The molecule has 1 heterocycles. The van der Waals surface area contributed by atoms with Crippen LogP contribution in [0, 0.1) is 0 Å². The van der Waals surface area contributed by atoms with Crippen LogP contribution in [0.5, 0.6) is 0 Å². The maximum absolute atomic E-state index is 10.9. The second kappa shape index (κ2) is 6.02. The lowest BCUT2D eigenvalue weighted by Crippen LogP contribution is -2.33. The van der Waals surface area contributed by atoms with Gasteiger partial charge in [-0.2, -0.15) is 0 Å². The quantitative estimate of drug-likeness (QED) is 0.833. The molecule has 5 nitrogen and oxygen atoms in total. The van der Waals surface area contributed by atoms with Crippen LogP contribution in [0.25, 0.3) is 0 Å². The zero-order valence-electron chi connectivity index (χ0n) is 10.7. The minimum absolute atomic E-state index is 0.122. The summed E-state index contributed by atoms with van der Waals surface area (Å²) in [7, 11) is 0. The number of anilines is 1. The van der Waals surface area contributed by atoms with Gasteiger partial charge in [0.1, 0.15) is 5.82 Å². The van der Waals surface area contributed by atoms with Crippen LogP contribution in [0.1, 0.15) is 31.3 Å².